The maximum absolute atomic E-state index is 12.6. The Kier molecular flexibility index (Phi) is 6.26. The first-order chi connectivity index (χ1) is 15.4. The molecular weight excluding hydrogens is 445 g/mol. The van der Waals surface area contributed by atoms with Crippen LogP contribution in [0, 0.1) is 6.92 Å². The Labute approximate surface area is 196 Å². The number of furan rings is 1. The molecule has 0 saturated heterocycles. The number of amides is 1. The number of ether oxygens (including phenoxy) is 1. The van der Waals surface area contributed by atoms with Gasteiger partial charge >= 0.3 is 0 Å². The SMILES string of the molecule is COc1cc2occ(-c3ccc(Cl)cc3Cl)c2cc1/C(C)=C/C(=O)Nc1ccc(C)cc1. The van der Waals surface area contributed by atoms with E-state index in [-0.39, 0.29) is 5.91 Å². The molecule has 4 aromatic rings. The van der Waals surface area contributed by atoms with Crippen molar-refractivity contribution in [1.82, 2.24) is 0 Å². The number of aryl methyl sites for hydroxylation is 1. The Balaban J connectivity index is 1.73. The zero-order valence-corrected chi connectivity index (χ0v) is 19.3. The van der Waals surface area contributed by atoms with E-state index in [1.54, 1.807) is 31.6 Å². The fourth-order valence-electron chi connectivity index (χ4n) is 3.54. The highest BCUT2D eigenvalue weighted by Crippen LogP contribution is 2.40. The molecule has 0 spiro atoms. The number of allylic oxidation sites excluding steroid dienone is 1. The van der Waals surface area contributed by atoms with E-state index in [4.69, 9.17) is 32.4 Å². The summed E-state index contributed by atoms with van der Waals surface area (Å²) in [7, 11) is 1.59. The van der Waals surface area contributed by atoms with E-state index in [0.29, 0.717) is 21.4 Å². The molecule has 1 heterocycles. The summed E-state index contributed by atoms with van der Waals surface area (Å²) >= 11 is 12.5. The van der Waals surface area contributed by atoms with Crippen molar-refractivity contribution in [3.63, 3.8) is 0 Å². The van der Waals surface area contributed by atoms with Crippen LogP contribution in [0.3, 0.4) is 0 Å². The molecular formula is C26H21Cl2NO3. The normalized spacial score (nSPS) is 11.6. The third kappa shape index (κ3) is 4.52. The second kappa shape index (κ2) is 9.11. The number of hydrogen-bond acceptors (Lipinski definition) is 3. The van der Waals surface area contributed by atoms with Gasteiger partial charge in [0.15, 0.2) is 0 Å². The van der Waals surface area contributed by atoms with Crippen molar-refractivity contribution in [1.29, 1.82) is 0 Å². The lowest BCUT2D eigenvalue weighted by Gasteiger charge is -2.11. The molecule has 6 heteroatoms. The maximum Gasteiger partial charge on any atom is 0.248 e. The number of hydrogen-bond donors (Lipinski definition) is 1. The highest BCUT2D eigenvalue weighted by Gasteiger charge is 2.16. The Hall–Kier alpha value is -3.21. The van der Waals surface area contributed by atoms with E-state index in [2.05, 4.69) is 5.32 Å². The summed E-state index contributed by atoms with van der Waals surface area (Å²) in [5.74, 6) is 0.388. The van der Waals surface area contributed by atoms with Crippen molar-refractivity contribution in [3.8, 4) is 16.9 Å². The lowest BCUT2D eigenvalue weighted by Crippen LogP contribution is -2.08. The molecule has 0 saturated carbocycles. The smallest absolute Gasteiger partial charge is 0.248 e. The molecule has 1 N–H and O–H groups in total. The first-order valence-electron chi connectivity index (χ1n) is 9.96. The monoisotopic (exact) mass is 465 g/mol. The van der Waals surface area contributed by atoms with E-state index in [0.717, 1.165) is 38.9 Å². The van der Waals surface area contributed by atoms with Gasteiger partial charge < -0.3 is 14.5 Å². The fraction of sp³-hybridized carbons (Fsp3) is 0.115. The quantitative estimate of drug-likeness (QED) is 0.306. The van der Waals surface area contributed by atoms with Crippen LogP contribution >= 0.6 is 23.2 Å². The molecule has 0 unspecified atom stereocenters. The molecule has 1 aromatic heterocycles. The first kappa shape index (κ1) is 22.0. The molecule has 0 fully saturated rings. The Morgan fingerprint density at radius 1 is 1.03 bits per heavy atom. The topological polar surface area (TPSA) is 51.5 Å². The van der Waals surface area contributed by atoms with Gasteiger partial charge in [-0.15, -0.1) is 0 Å². The number of carbonyl (C=O) groups is 1. The van der Waals surface area contributed by atoms with E-state index in [1.165, 1.54) is 0 Å². The van der Waals surface area contributed by atoms with Gasteiger partial charge in [0.1, 0.15) is 11.3 Å². The summed E-state index contributed by atoms with van der Waals surface area (Å²) < 4.78 is 11.3. The van der Waals surface area contributed by atoms with E-state index >= 15 is 0 Å². The number of rotatable bonds is 5. The van der Waals surface area contributed by atoms with Gasteiger partial charge in [0.25, 0.3) is 0 Å². The van der Waals surface area contributed by atoms with Crippen molar-refractivity contribution in [2.24, 2.45) is 0 Å². The Morgan fingerprint density at radius 3 is 2.47 bits per heavy atom. The number of fused-ring (bicyclic) bond motifs is 1. The molecule has 0 bridgehead atoms. The molecule has 3 aromatic carbocycles. The Morgan fingerprint density at radius 2 is 1.78 bits per heavy atom. The lowest BCUT2D eigenvalue weighted by atomic mass is 9.99. The van der Waals surface area contributed by atoms with E-state index < -0.39 is 0 Å². The fourth-order valence-corrected chi connectivity index (χ4v) is 4.05. The van der Waals surface area contributed by atoms with Gasteiger partial charge in [-0.1, -0.05) is 47.0 Å². The highest BCUT2D eigenvalue weighted by molar-refractivity contribution is 6.36. The van der Waals surface area contributed by atoms with Crippen molar-refractivity contribution in [3.05, 3.63) is 88.1 Å². The van der Waals surface area contributed by atoms with Gasteiger partial charge in [-0.3, -0.25) is 4.79 Å². The third-order valence-electron chi connectivity index (χ3n) is 5.21. The summed E-state index contributed by atoms with van der Waals surface area (Å²) in [4.78, 5) is 12.6. The molecule has 4 rings (SSSR count). The summed E-state index contributed by atoms with van der Waals surface area (Å²) in [6.45, 7) is 3.87. The largest absolute Gasteiger partial charge is 0.496 e. The minimum Gasteiger partial charge on any atom is -0.496 e. The van der Waals surface area contributed by atoms with Crippen LogP contribution in [0.15, 0.2) is 71.4 Å². The van der Waals surface area contributed by atoms with Gasteiger partial charge in [0, 0.05) is 44.9 Å². The minimum absolute atomic E-state index is 0.221. The van der Waals surface area contributed by atoms with E-state index in [9.17, 15) is 4.79 Å². The van der Waals surface area contributed by atoms with Crippen LogP contribution in [0.5, 0.6) is 5.75 Å². The summed E-state index contributed by atoms with van der Waals surface area (Å²) in [6, 6.07) is 16.7. The van der Waals surface area contributed by atoms with Crippen LogP contribution in [0.4, 0.5) is 5.69 Å². The Bertz CT molecular complexity index is 1340. The first-order valence-corrected chi connectivity index (χ1v) is 10.7. The van der Waals surface area contributed by atoms with Gasteiger partial charge in [0.05, 0.1) is 18.4 Å². The average molecular weight is 466 g/mol. The number of carbonyl (C=O) groups excluding carboxylic acids is 1. The van der Waals surface area contributed by atoms with Crippen LogP contribution in [0.2, 0.25) is 10.0 Å². The molecule has 0 aliphatic carbocycles. The highest BCUT2D eigenvalue weighted by atomic mass is 35.5. The standard InChI is InChI=1S/C26H21Cl2NO3/c1-15-4-7-18(8-5-15)29-26(30)10-16(2)20-12-21-22(14-32-25(21)13-24(20)31-3)19-9-6-17(27)11-23(19)28/h4-14H,1-3H3,(H,29,30)/b16-10+. The van der Waals surface area contributed by atoms with Crippen LogP contribution in [0.25, 0.3) is 27.7 Å². The van der Waals surface area contributed by atoms with Crippen molar-refractivity contribution < 1.29 is 13.9 Å². The van der Waals surface area contributed by atoms with Crippen LogP contribution < -0.4 is 10.1 Å². The van der Waals surface area contributed by atoms with Crippen molar-refractivity contribution in [2.45, 2.75) is 13.8 Å². The molecule has 4 nitrogen and oxygen atoms in total. The zero-order valence-electron chi connectivity index (χ0n) is 17.8. The van der Waals surface area contributed by atoms with Crippen molar-refractivity contribution >= 4 is 51.3 Å². The van der Waals surface area contributed by atoms with Gasteiger partial charge in [-0.25, -0.2) is 0 Å². The molecule has 0 aliphatic heterocycles. The molecule has 0 atom stereocenters. The molecule has 1 amide bonds. The van der Waals surface area contributed by atoms with Gasteiger partial charge in [-0.05, 0) is 49.8 Å². The average Bonchev–Trinajstić information content (AvgIpc) is 3.17. The number of benzene rings is 3. The second-order valence-corrected chi connectivity index (χ2v) is 8.35. The molecule has 162 valence electrons. The zero-order chi connectivity index (χ0) is 22.8. The summed E-state index contributed by atoms with van der Waals surface area (Å²) in [5.41, 5.74) is 5.70. The molecule has 32 heavy (non-hydrogen) atoms. The summed E-state index contributed by atoms with van der Waals surface area (Å²) in [5, 5.41) is 4.84. The third-order valence-corrected chi connectivity index (χ3v) is 5.76. The van der Waals surface area contributed by atoms with E-state index in [1.807, 2.05) is 56.3 Å². The van der Waals surface area contributed by atoms with Crippen LogP contribution in [-0.2, 0) is 4.79 Å². The van der Waals surface area contributed by atoms with Gasteiger partial charge in [0.2, 0.25) is 5.91 Å². The van der Waals surface area contributed by atoms with Crippen molar-refractivity contribution in [2.75, 3.05) is 12.4 Å². The number of halogens is 2. The number of nitrogens with one attached hydrogen (secondary N) is 1. The molecule has 0 radical (unpaired) electrons. The lowest BCUT2D eigenvalue weighted by molar-refractivity contribution is -0.111. The predicted octanol–water partition coefficient (Wildman–Crippen LogP) is 7.77. The van der Waals surface area contributed by atoms with Gasteiger partial charge in [-0.2, -0.15) is 0 Å². The molecule has 0 aliphatic rings. The maximum atomic E-state index is 12.6. The number of methoxy groups -OCH3 is 1. The second-order valence-electron chi connectivity index (χ2n) is 7.50. The van der Waals surface area contributed by atoms with Crippen LogP contribution in [-0.4, -0.2) is 13.0 Å². The predicted molar refractivity (Wildman–Crippen MR) is 132 cm³/mol. The minimum atomic E-state index is -0.221. The summed E-state index contributed by atoms with van der Waals surface area (Å²) in [6.07, 6.45) is 3.21. The number of anilines is 1. The van der Waals surface area contributed by atoms with Crippen LogP contribution in [0.1, 0.15) is 18.1 Å².